The molecule has 1 aromatic carbocycles. The first-order chi connectivity index (χ1) is 8.97. The smallest absolute Gasteiger partial charge is 0.318 e. The molecule has 1 aromatic rings. The zero-order valence-electron chi connectivity index (χ0n) is 11.3. The largest absolute Gasteiger partial charge is 0.506 e. The van der Waals surface area contributed by atoms with Crippen molar-refractivity contribution in [2.24, 2.45) is 5.92 Å². The van der Waals surface area contributed by atoms with Crippen molar-refractivity contribution in [1.82, 2.24) is 5.32 Å². The molecule has 0 spiro atoms. The molecule has 1 unspecified atom stereocenters. The number of benzene rings is 1. The number of phenols is 1. The van der Waals surface area contributed by atoms with Crippen LogP contribution < -0.4 is 16.0 Å². The van der Waals surface area contributed by atoms with Crippen LogP contribution in [0.25, 0.3) is 0 Å². The van der Waals surface area contributed by atoms with Crippen molar-refractivity contribution in [2.75, 3.05) is 17.7 Å². The molecule has 0 saturated heterocycles. The predicted octanol–water partition coefficient (Wildman–Crippen LogP) is 2.13. The van der Waals surface area contributed by atoms with Crippen LogP contribution in [0.3, 0.4) is 0 Å². The van der Waals surface area contributed by atoms with E-state index in [0.29, 0.717) is 12.1 Å². The van der Waals surface area contributed by atoms with Crippen LogP contribution in [-0.2, 0) is 4.79 Å². The molecule has 0 aromatic heterocycles. The highest BCUT2D eigenvalue weighted by molar-refractivity contribution is 5.95. The summed E-state index contributed by atoms with van der Waals surface area (Å²) in [5.74, 6) is -0.357. The van der Waals surface area contributed by atoms with Gasteiger partial charge in [0.05, 0.1) is 5.69 Å². The van der Waals surface area contributed by atoms with Crippen molar-refractivity contribution in [1.29, 1.82) is 0 Å². The number of aromatic hydroxyl groups is 1. The Bertz CT molecular complexity index is 474. The number of carbonyl (C=O) groups is 2. The monoisotopic (exact) mass is 265 g/mol. The van der Waals surface area contributed by atoms with Crippen LogP contribution in [0.4, 0.5) is 16.2 Å². The average molecular weight is 265 g/mol. The third kappa shape index (κ3) is 4.17. The van der Waals surface area contributed by atoms with E-state index in [0.717, 1.165) is 0 Å². The lowest BCUT2D eigenvalue weighted by Crippen LogP contribution is -2.24. The third-order valence-electron chi connectivity index (χ3n) is 2.80. The standard InChI is InChI=1S/C13H19N3O3/c1-4-8(2)12(18)16-10-7-9(5-6-11(10)17)15-13(19)14-3/h5-8,17H,4H2,1-3H3,(H,16,18)(H2,14,15,19). The molecule has 0 bridgehead atoms. The first-order valence-electron chi connectivity index (χ1n) is 6.10. The van der Waals surface area contributed by atoms with Crippen LogP contribution in [0.2, 0.25) is 0 Å². The highest BCUT2D eigenvalue weighted by atomic mass is 16.3. The Labute approximate surface area is 112 Å². The maximum absolute atomic E-state index is 11.8. The Morgan fingerprint density at radius 3 is 2.58 bits per heavy atom. The Hall–Kier alpha value is -2.24. The summed E-state index contributed by atoms with van der Waals surface area (Å²) in [5, 5.41) is 17.3. The molecule has 0 radical (unpaired) electrons. The minimum Gasteiger partial charge on any atom is -0.506 e. The number of anilines is 2. The molecule has 4 N–H and O–H groups in total. The van der Waals surface area contributed by atoms with Crippen molar-refractivity contribution in [3.05, 3.63) is 18.2 Å². The molecule has 104 valence electrons. The molecule has 3 amide bonds. The number of phenolic OH excluding ortho intramolecular Hbond substituents is 1. The maximum atomic E-state index is 11.8. The van der Waals surface area contributed by atoms with E-state index in [1.165, 1.54) is 19.2 Å². The SMILES string of the molecule is CCC(C)C(=O)Nc1cc(NC(=O)NC)ccc1O. The van der Waals surface area contributed by atoms with Gasteiger partial charge in [0.2, 0.25) is 5.91 Å². The second kappa shape index (κ2) is 6.63. The Balaban J connectivity index is 2.85. The summed E-state index contributed by atoms with van der Waals surface area (Å²) in [5.41, 5.74) is 0.760. The van der Waals surface area contributed by atoms with Gasteiger partial charge in [-0.2, -0.15) is 0 Å². The molecule has 0 saturated carbocycles. The van der Waals surface area contributed by atoms with Crippen molar-refractivity contribution in [3.8, 4) is 5.75 Å². The van der Waals surface area contributed by atoms with Gasteiger partial charge in [-0.15, -0.1) is 0 Å². The van der Waals surface area contributed by atoms with Crippen LogP contribution >= 0.6 is 0 Å². The quantitative estimate of drug-likeness (QED) is 0.496. The van der Waals surface area contributed by atoms with Crippen LogP contribution in [0.1, 0.15) is 20.3 Å². The van der Waals surface area contributed by atoms with E-state index < -0.39 is 0 Å². The van der Waals surface area contributed by atoms with Gasteiger partial charge in [0, 0.05) is 18.7 Å². The number of hydrogen-bond donors (Lipinski definition) is 4. The first kappa shape index (κ1) is 14.8. The van der Waals surface area contributed by atoms with Crippen LogP contribution in [0.5, 0.6) is 5.75 Å². The lowest BCUT2D eigenvalue weighted by molar-refractivity contribution is -0.119. The molecule has 6 nitrogen and oxygen atoms in total. The van der Waals surface area contributed by atoms with Crippen molar-refractivity contribution >= 4 is 23.3 Å². The fourth-order valence-electron chi connectivity index (χ4n) is 1.35. The van der Waals surface area contributed by atoms with Gasteiger partial charge in [0.15, 0.2) is 0 Å². The van der Waals surface area contributed by atoms with Crippen molar-refractivity contribution in [3.63, 3.8) is 0 Å². The summed E-state index contributed by atoms with van der Waals surface area (Å²) in [6.45, 7) is 3.71. The fraction of sp³-hybridized carbons (Fsp3) is 0.385. The third-order valence-corrected chi connectivity index (χ3v) is 2.80. The van der Waals surface area contributed by atoms with Crippen molar-refractivity contribution < 1.29 is 14.7 Å². The van der Waals surface area contributed by atoms with Crippen LogP contribution in [-0.4, -0.2) is 24.1 Å². The Morgan fingerprint density at radius 2 is 2.00 bits per heavy atom. The van der Waals surface area contributed by atoms with E-state index >= 15 is 0 Å². The van der Waals surface area contributed by atoms with Crippen molar-refractivity contribution in [2.45, 2.75) is 20.3 Å². The number of urea groups is 1. The van der Waals surface area contributed by atoms with E-state index in [2.05, 4.69) is 16.0 Å². The second-order valence-corrected chi connectivity index (χ2v) is 4.23. The van der Waals surface area contributed by atoms with Gasteiger partial charge in [0.25, 0.3) is 0 Å². The number of amides is 3. The van der Waals surface area contributed by atoms with Gasteiger partial charge in [-0.25, -0.2) is 4.79 Å². The first-order valence-corrected chi connectivity index (χ1v) is 6.10. The van der Waals surface area contributed by atoms with E-state index in [1.54, 1.807) is 13.0 Å². The molecule has 6 heteroatoms. The van der Waals surface area contributed by atoms with Gasteiger partial charge in [-0.3, -0.25) is 4.79 Å². The topological polar surface area (TPSA) is 90.5 Å². The molecular weight excluding hydrogens is 246 g/mol. The Kier molecular flexibility index (Phi) is 5.17. The number of hydrogen-bond acceptors (Lipinski definition) is 3. The molecule has 0 fully saturated rings. The summed E-state index contributed by atoms with van der Waals surface area (Å²) in [6.07, 6.45) is 0.711. The normalized spacial score (nSPS) is 11.5. The molecule has 0 aliphatic heterocycles. The highest BCUT2D eigenvalue weighted by Crippen LogP contribution is 2.27. The summed E-state index contributed by atoms with van der Waals surface area (Å²) in [6, 6.07) is 4.09. The number of carbonyl (C=O) groups excluding carboxylic acids is 2. The molecule has 0 heterocycles. The predicted molar refractivity (Wildman–Crippen MR) is 74.3 cm³/mol. The highest BCUT2D eigenvalue weighted by Gasteiger charge is 2.13. The van der Waals surface area contributed by atoms with Gasteiger partial charge in [-0.05, 0) is 24.6 Å². The molecule has 1 rings (SSSR count). The number of rotatable bonds is 4. The second-order valence-electron chi connectivity index (χ2n) is 4.23. The minimum absolute atomic E-state index is 0.0425. The molecule has 19 heavy (non-hydrogen) atoms. The van der Waals surface area contributed by atoms with Crippen LogP contribution in [0, 0.1) is 5.92 Å². The van der Waals surface area contributed by atoms with E-state index in [1.807, 2.05) is 6.92 Å². The van der Waals surface area contributed by atoms with Gasteiger partial charge in [-0.1, -0.05) is 13.8 Å². The van der Waals surface area contributed by atoms with Gasteiger partial charge >= 0.3 is 6.03 Å². The summed E-state index contributed by atoms with van der Waals surface area (Å²) in [4.78, 5) is 22.9. The average Bonchev–Trinajstić information content (AvgIpc) is 2.41. The lowest BCUT2D eigenvalue weighted by atomic mass is 10.1. The molecular formula is C13H19N3O3. The number of nitrogens with one attached hydrogen (secondary N) is 3. The fourth-order valence-corrected chi connectivity index (χ4v) is 1.35. The molecule has 0 aliphatic carbocycles. The maximum Gasteiger partial charge on any atom is 0.318 e. The summed E-state index contributed by atoms with van der Waals surface area (Å²) < 4.78 is 0. The van der Waals surface area contributed by atoms with Gasteiger partial charge in [0.1, 0.15) is 5.75 Å². The summed E-state index contributed by atoms with van der Waals surface area (Å²) in [7, 11) is 1.50. The van der Waals surface area contributed by atoms with Crippen LogP contribution in [0.15, 0.2) is 18.2 Å². The Morgan fingerprint density at radius 1 is 1.32 bits per heavy atom. The van der Waals surface area contributed by atoms with Gasteiger partial charge < -0.3 is 21.1 Å². The molecule has 1 atom stereocenters. The zero-order valence-corrected chi connectivity index (χ0v) is 11.3. The van der Waals surface area contributed by atoms with E-state index in [9.17, 15) is 14.7 Å². The minimum atomic E-state index is -0.370. The van der Waals surface area contributed by atoms with E-state index in [-0.39, 0.29) is 29.3 Å². The van der Waals surface area contributed by atoms with E-state index in [4.69, 9.17) is 0 Å². The lowest BCUT2D eigenvalue weighted by Gasteiger charge is -2.13. The zero-order chi connectivity index (χ0) is 14.4. The molecule has 0 aliphatic rings. The summed E-state index contributed by atoms with van der Waals surface area (Å²) >= 11 is 0.